The molecule has 1 spiro atoms. The van der Waals surface area contributed by atoms with E-state index in [0.29, 0.717) is 37.1 Å². The van der Waals surface area contributed by atoms with Gasteiger partial charge in [-0.25, -0.2) is 11.4 Å². The Balaban J connectivity index is 1.56. The quantitative estimate of drug-likeness (QED) is 0.102. The predicted octanol–water partition coefficient (Wildman–Crippen LogP) is -0.136. The molecule has 0 amide bonds. The summed E-state index contributed by atoms with van der Waals surface area (Å²) < 4.78 is 10.4. The van der Waals surface area contributed by atoms with Gasteiger partial charge >= 0.3 is 11.9 Å². The average molecular weight is 416 g/mol. The van der Waals surface area contributed by atoms with E-state index in [1.165, 1.54) is 0 Å². The Morgan fingerprint density at radius 3 is 2.90 bits per heavy atom. The maximum absolute atomic E-state index is 12.7. The van der Waals surface area contributed by atoms with Gasteiger partial charge in [-0.05, 0) is 50.3 Å². The lowest BCUT2D eigenvalue weighted by Gasteiger charge is -2.47. The van der Waals surface area contributed by atoms with Gasteiger partial charge in [-0.3, -0.25) is 9.59 Å². The first-order valence-electron chi connectivity index (χ1n) is 10.8. The fraction of sp³-hybridized carbons (Fsp3) is 0.842. The minimum atomic E-state index is -0.626. The van der Waals surface area contributed by atoms with Crippen molar-refractivity contribution in [3.05, 3.63) is 0 Å². The van der Waals surface area contributed by atoms with Crippen LogP contribution < -0.4 is 22.4 Å². The van der Waals surface area contributed by atoms with Gasteiger partial charge in [0.25, 0.3) is 0 Å². The summed E-state index contributed by atoms with van der Waals surface area (Å²) in [5.41, 5.74) is 8.05. The summed E-state index contributed by atoms with van der Waals surface area (Å²) in [7, 11) is 8.73. The van der Waals surface area contributed by atoms with Crippen molar-refractivity contribution in [2.24, 2.45) is 28.5 Å². The average Bonchev–Trinajstić information content (AvgIpc) is 3.29. The number of piperidine rings is 1. The largest absolute Gasteiger partial charge is 0.466 e. The fourth-order valence-electron chi connectivity index (χ4n) is 5.28. The van der Waals surface area contributed by atoms with E-state index in [1.807, 2.05) is 0 Å². The highest BCUT2D eigenvalue weighted by Crippen LogP contribution is 2.69. The third-order valence-corrected chi connectivity index (χ3v) is 6.80. The van der Waals surface area contributed by atoms with Crippen molar-refractivity contribution in [2.75, 3.05) is 6.61 Å². The Morgan fingerprint density at radius 1 is 1.43 bits per heavy atom. The van der Waals surface area contributed by atoms with Crippen molar-refractivity contribution in [1.29, 1.82) is 0 Å². The van der Waals surface area contributed by atoms with E-state index in [1.54, 1.807) is 13.8 Å². The highest BCUT2D eigenvalue weighted by molar-refractivity contribution is 6.72. The monoisotopic (exact) mass is 416 g/mol. The highest BCUT2D eigenvalue weighted by atomic mass is 16.6. The fourth-order valence-corrected chi connectivity index (χ4v) is 5.28. The molecule has 9 nitrogen and oxygen atoms in total. The molecule has 1 saturated carbocycles. The van der Waals surface area contributed by atoms with Gasteiger partial charge in [0.05, 0.1) is 20.9 Å². The second-order valence-corrected chi connectivity index (χ2v) is 8.85. The normalized spacial score (nSPS) is 35.8. The summed E-state index contributed by atoms with van der Waals surface area (Å²) in [5.74, 6) is 5.74. The lowest BCUT2D eigenvalue weighted by molar-refractivity contribution is -0.156. The Bertz CT molecular complexity index is 696. The molecule has 6 N–H and O–H groups in total. The van der Waals surface area contributed by atoms with Gasteiger partial charge in [-0.15, -0.1) is 0 Å². The number of hydrazine groups is 1. The molecular weight excluding hydrogens is 384 g/mol. The molecule has 3 rings (SSSR count). The molecule has 163 valence electrons. The van der Waals surface area contributed by atoms with E-state index in [9.17, 15) is 9.59 Å². The number of rotatable bonds is 9. The van der Waals surface area contributed by atoms with Gasteiger partial charge in [-0.1, -0.05) is 18.2 Å². The van der Waals surface area contributed by atoms with Gasteiger partial charge in [0.15, 0.2) is 0 Å². The summed E-state index contributed by atoms with van der Waals surface area (Å²) in [5, 5.41) is 6.43. The number of hydrogen-bond donors (Lipinski definition) is 4. The van der Waals surface area contributed by atoms with E-state index in [0.717, 1.165) is 25.7 Å². The molecule has 6 unspecified atom stereocenters. The molecule has 30 heavy (non-hydrogen) atoms. The maximum atomic E-state index is 12.7. The van der Waals surface area contributed by atoms with Crippen molar-refractivity contribution < 1.29 is 19.1 Å². The van der Waals surface area contributed by atoms with Crippen LogP contribution in [0.15, 0.2) is 5.10 Å². The standard InChI is InChI=1S/C19H32B2N5O4/c1-3-29-16(27)8-11(2)30-17(28)14-10-13-9-12(4-5-15(22)25-26-23)6-7-18(13)19(20,21-18)24-14/h11-14,24,26H,3-10,23H2,1-2H3,(H2,22,25). The molecule has 11 heteroatoms. The highest BCUT2D eigenvalue weighted by Gasteiger charge is 2.71. The zero-order chi connectivity index (χ0) is 21.9. The molecule has 1 aliphatic carbocycles. The smallest absolute Gasteiger partial charge is 0.323 e. The Morgan fingerprint density at radius 2 is 2.20 bits per heavy atom. The molecule has 0 bridgehead atoms. The summed E-state index contributed by atoms with van der Waals surface area (Å²) in [4.78, 5) is 24.3. The van der Waals surface area contributed by atoms with Gasteiger partial charge < -0.3 is 20.5 Å². The third-order valence-electron chi connectivity index (χ3n) is 6.80. The molecule has 2 heterocycles. The lowest BCUT2D eigenvalue weighted by Crippen LogP contribution is -2.55. The van der Waals surface area contributed by atoms with Crippen LogP contribution in [0.25, 0.3) is 0 Å². The second kappa shape index (κ2) is 9.18. The number of nitrogens with two attached hydrogens (primary N) is 2. The van der Waals surface area contributed by atoms with Gasteiger partial charge in [0.1, 0.15) is 25.3 Å². The molecule has 3 fully saturated rings. The molecule has 3 aliphatic rings. The molecule has 2 saturated heterocycles. The molecule has 3 radical (unpaired) electrons. The number of nitrogens with one attached hydrogen (secondary N) is 2. The van der Waals surface area contributed by atoms with E-state index >= 15 is 0 Å². The molecule has 0 aromatic carbocycles. The molecule has 6 atom stereocenters. The minimum Gasteiger partial charge on any atom is -0.466 e. The van der Waals surface area contributed by atoms with Crippen LogP contribution in [-0.4, -0.2) is 57.0 Å². The number of hydrazone groups is 1. The summed E-state index contributed by atoms with van der Waals surface area (Å²) in [6.07, 6.45) is 4.85. The van der Waals surface area contributed by atoms with E-state index < -0.39 is 17.5 Å². The Kier molecular flexibility index (Phi) is 7.02. The molecular formula is C19H32B2N5O4. The van der Waals surface area contributed by atoms with Crippen LogP contribution in [-0.2, 0) is 19.1 Å². The predicted molar refractivity (Wildman–Crippen MR) is 114 cm³/mol. The van der Waals surface area contributed by atoms with Crippen LogP contribution in [0, 0.1) is 11.8 Å². The first-order chi connectivity index (χ1) is 14.2. The summed E-state index contributed by atoms with van der Waals surface area (Å²) in [6.45, 7) is 3.75. The Hall–Kier alpha value is -1.74. The summed E-state index contributed by atoms with van der Waals surface area (Å²) in [6, 6.07) is -0.483. The lowest BCUT2D eigenvalue weighted by atomic mass is 9.60. The van der Waals surface area contributed by atoms with E-state index in [2.05, 4.69) is 23.2 Å². The van der Waals surface area contributed by atoms with Crippen LogP contribution in [0.5, 0.6) is 0 Å². The number of amidine groups is 1. The number of carbonyl (C=O) groups excluding carboxylic acids is 2. The van der Waals surface area contributed by atoms with Crippen molar-refractivity contribution in [3.8, 4) is 0 Å². The van der Waals surface area contributed by atoms with Gasteiger partial charge in [0.2, 0.25) is 0 Å². The van der Waals surface area contributed by atoms with Gasteiger partial charge in [0, 0.05) is 6.42 Å². The number of ether oxygens (including phenoxy) is 2. The molecule has 2 aliphatic heterocycles. The third kappa shape index (κ3) is 4.77. The van der Waals surface area contributed by atoms with Gasteiger partial charge in [-0.2, -0.15) is 5.10 Å². The van der Waals surface area contributed by atoms with Crippen LogP contribution >= 0.6 is 0 Å². The number of carbonyl (C=O) groups is 2. The first kappa shape index (κ1) is 22.9. The van der Waals surface area contributed by atoms with Crippen molar-refractivity contribution in [3.63, 3.8) is 0 Å². The van der Waals surface area contributed by atoms with Crippen molar-refractivity contribution in [2.45, 2.75) is 81.6 Å². The number of nitrogens with zero attached hydrogens (tertiary/aromatic N) is 1. The Labute approximate surface area is 180 Å². The maximum Gasteiger partial charge on any atom is 0.323 e. The molecule has 0 aromatic rings. The number of esters is 2. The van der Waals surface area contributed by atoms with Crippen molar-refractivity contribution in [1.82, 2.24) is 10.9 Å². The minimum absolute atomic E-state index is 0.0439. The van der Waals surface area contributed by atoms with E-state index in [-0.39, 0.29) is 23.7 Å². The van der Waals surface area contributed by atoms with Crippen LogP contribution in [0.4, 0.5) is 0 Å². The zero-order valence-electron chi connectivity index (χ0n) is 17.9. The van der Waals surface area contributed by atoms with Crippen LogP contribution in [0.1, 0.15) is 58.8 Å². The SMILES string of the molecule is [B]C12[B]C13CCC(CC/C(N)=N/NN)CC3CC(C(=O)OC(C)CC(=O)OCC)N2. The molecule has 0 aromatic heterocycles. The van der Waals surface area contributed by atoms with Crippen molar-refractivity contribution >= 4 is 32.9 Å². The van der Waals surface area contributed by atoms with E-state index in [4.69, 9.17) is 28.9 Å². The van der Waals surface area contributed by atoms with Crippen LogP contribution in [0.3, 0.4) is 0 Å². The first-order valence-corrected chi connectivity index (χ1v) is 10.8. The van der Waals surface area contributed by atoms with Crippen LogP contribution in [0.2, 0.25) is 5.31 Å². The topological polar surface area (TPSA) is 141 Å². The number of hydrogen-bond acceptors (Lipinski definition) is 8. The summed E-state index contributed by atoms with van der Waals surface area (Å²) >= 11 is 0. The zero-order valence-corrected chi connectivity index (χ0v) is 17.9. The second-order valence-electron chi connectivity index (χ2n) is 8.85.